The third kappa shape index (κ3) is 4.88. The third-order valence-corrected chi connectivity index (χ3v) is 8.78. The Hall–Kier alpha value is -2.26. The molecule has 4 rings (SSSR count). The van der Waals surface area contributed by atoms with E-state index in [1.807, 2.05) is 60.1 Å². The Morgan fingerprint density at radius 3 is 2.59 bits per heavy atom. The first kappa shape index (κ1) is 22.9. The molecule has 1 aromatic heterocycles. The average molecular weight is 518 g/mol. The second-order valence-electron chi connectivity index (χ2n) is 7.94. The normalized spacial score (nSPS) is 17.5. The minimum Gasteiger partial charge on any atom is -0.497 e. The van der Waals surface area contributed by atoms with Crippen LogP contribution in [0.4, 0.5) is 0 Å². The Bertz CT molecular complexity index is 1170. The topological polar surface area (TPSA) is 82.3 Å². The van der Waals surface area contributed by atoms with Crippen LogP contribution in [0.25, 0.3) is 0 Å². The van der Waals surface area contributed by atoms with Gasteiger partial charge in [-0.2, -0.15) is 0 Å². The molecule has 9 heteroatoms. The number of benzene rings is 2. The lowest BCUT2D eigenvalue weighted by Gasteiger charge is -2.24. The van der Waals surface area contributed by atoms with E-state index in [1.54, 1.807) is 7.11 Å². The van der Waals surface area contributed by atoms with Crippen LogP contribution < -0.4 is 4.74 Å². The predicted molar refractivity (Wildman–Crippen MR) is 128 cm³/mol. The standard InChI is InChI=1S/C23H28BrN5O2S/c1-3-32(30,21-14-12-20(31-2)13-15-21)26-22(17-8-7-9-18(24)16-17)23-25-27-28-29(23)19-10-5-4-6-11-19/h7-9,12-16,19,22H,3-6,10-11H2,1-2H3. The fraction of sp³-hybridized carbons (Fsp3) is 0.435. The molecule has 32 heavy (non-hydrogen) atoms. The number of hydrogen-bond acceptors (Lipinski definition) is 6. The van der Waals surface area contributed by atoms with Crippen LogP contribution in [0.2, 0.25) is 0 Å². The second kappa shape index (κ2) is 10.1. The molecule has 1 aliphatic carbocycles. The summed E-state index contributed by atoms with van der Waals surface area (Å²) in [7, 11) is -1.10. The summed E-state index contributed by atoms with van der Waals surface area (Å²) in [5.74, 6) is 1.75. The smallest absolute Gasteiger partial charge is 0.181 e. The molecule has 0 bridgehead atoms. The first-order valence-corrected chi connectivity index (χ1v) is 13.4. The van der Waals surface area contributed by atoms with Crippen molar-refractivity contribution >= 4 is 25.7 Å². The predicted octanol–water partition coefficient (Wildman–Crippen LogP) is 5.59. The van der Waals surface area contributed by atoms with Gasteiger partial charge in [-0.3, -0.25) is 0 Å². The number of hydrogen-bond donors (Lipinski definition) is 0. The maximum Gasteiger partial charge on any atom is 0.181 e. The van der Waals surface area contributed by atoms with Gasteiger partial charge in [-0.15, -0.1) is 5.10 Å². The molecule has 0 saturated heterocycles. The van der Waals surface area contributed by atoms with E-state index in [4.69, 9.17) is 9.10 Å². The SMILES string of the molecule is CCS(=O)(=NC(c1cccc(Br)c1)c1nnnn1C1CCCCC1)c1ccc(OC)cc1. The largest absolute Gasteiger partial charge is 0.497 e. The number of methoxy groups -OCH3 is 1. The first-order valence-electron chi connectivity index (χ1n) is 11.0. The third-order valence-electron chi connectivity index (χ3n) is 5.94. The van der Waals surface area contributed by atoms with Crippen LogP contribution >= 0.6 is 15.9 Å². The Morgan fingerprint density at radius 1 is 1.19 bits per heavy atom. The Balaban J connectivity index is 1.85. The minimum atomic E-state index is -2.72. The highest BCUT2D eigenvalue weighted by Gasteiger charge is 2.28. The highest BCUT2D eigenvalue weighted by molar-refractivity contribution is 9.10. The molecule has 0 aliphatic heterocycles. The van der Waals surface area contributed by atoms with Crippen LogP contribution in [0.5, 0.6) is 5.75 Å². The zero-order valence-electron chi connectivity index (χ0n) is 18.4. The van der Waals surface area contributed by atoms with E-state index < -0.39 is 15.8 Å². The monoisotopic (exact) mass is 517 g/mol. The molecule has 0 radical (unpaired) electrons. The number of aromatic nitrogens is 4. The Labute approximate surface area is 197 Å². The van der Waals surface area contributed by atoms with Crippen molar-refractivity contribution in [3.63, 3.8) is 0 Å². The summed E-state index contributed by atoms with van der Waals surface area (Å²) in [5, 5.41) is 12.7. The van der Waals surface area contributed by atoms with Gasteiger partial charge in [-0.1, -0.05) is 54.2 Å². The van der Waals surface area contributed by atoms with Gasteiger partial charge in [-0.05, 0) is 65.2 Å². The van der Waals surface area contributed by atoms with Crippen LogP contribution in [-0.4, -0.2) is 37.3 Å². The van der Waals surface area contributed by atoms with Crippen LogP contribution in [0, 0.1) is 0 Å². The molecule has 2 aromatic carbocycles. The molecule has 1 fully saturated rings. The number of ether oxygens (including phenoxy) is 1. The van der Waals surface area contributed by atoms with Gasteiger partial charge < -0.3 is 4.74 Å². The molecule has 7 nitrogen and oxygen atoms in total. The van der Waals surface area contributed by atoms with Crippen LogP contribution in [0.1, 0.15) is 62.5 Å². The highest BCUT2D eigenvalue weighted by atomic mass is 79.9. The maximum atomic E-state index is 14.1. The van der Waals surface area contributed by atoms with E-state index in [1.165, 1.54) is 19.3 Å². The number of halogens is 1. The molecular formula is C23H28BrN5O2S. The van der Waals surface area contributed by atoms with Crippen molar-refractivity contribution in [3.05, 3.63) is 64.4 Å². The quantitative estimate of drug-likeness (QED) is 0.408. The van der Waals surface area contributed by atoms with Gasteiger partial charge in [0.25, 0.3) is 0 Å². The lowest BCUT2D eigenvalue weighted by atomic mass is 9.95. The lowest BCUT2D eigenvalue weighted by Crippen LogP contribution is -2.20. The summed E-state index contributed by atoms with van der Waals surface area (Å²) in [6.45, 7) is 1.90. The summed E-state index contributed by atoms with van der Waals surface area (Å²) in [4.78, 5) is 0.678. The molecule has 0 spiro atoms. The summed E-state index contributed by atoms with van der Waals surface area (Å²) < 4.78 is 27.2. The van der Waals surface area contributed by atoms with Gasteiger partial charge in [-0.25, -0.2) is 13.3 Å². The Morgan fingerprint density at radius 2 is 1.94 bits per heavy atom. The van der Waals surface area contributed by atoms with E-state index >= 15 is 0 Å². The van der Waals surface area contributed by atoms with E-state index in [2.05, 4.69) is 31.5 Å². The fourth-order valence-electron chi connectivity index (χ4n) is 4.16. The van der Waals surface area contributed by atoms with Gasteiger partial charge in [0.1, 0.15) is 11.8 Å². The number of nitrogens with zero attached hydrogens (tertiary/aromatic N) is 5. The van der Waals surface area contributed by atoms with E-state index in [0.717, 1.165) is 28.6 Å². The molecule has 0 amide bonds. The molecule has 1 saturated carbocycles. The molecule has 3 aromatic rings. The van der Waals surface area contributed by atoms with Crippen molar-refractivity contribution in [1.82, 2.24) is 20.2 Å². The maximum absolute atomic E-state index is 14.1. The van der Waals surface area contributed by atoms with Gasteiger partial charge >= 0.3 is 0 Å². The van der Waals surface area contributed by atoms with Crippen molar-refractivity contribution in [2.45, 2.75) is 56.0 Å². The van der Waals surface area contributed by atoms with Crippen LogP contribution in [0.15, 0.2) is 62.3 Å². The van der Waals surface area contributed by atoms with Crippen LogP contribution in [-0.2, 0) is 9.73 Å². The molecular weight excluding hydrogens is 490 g/mol. The summed E-state index contributed by atoms with van der Waals surface area (Å²) in [6, 6.07) is 14.9. The summed E-state index contributed by atoms with van der Waals surface area (Å²) in [6.07, 6.45) is 5.67. The molecule has 1 aliphatic rings. The van der Waals surface area contributed by atoms with Gasteiger partial charge in [0, 0.05) is 15.1 Å². The first-order chi connectivity index (χ1) is 15.5. The zero-order valence-corrected chi connectivity index (χ0v) is 20.8. The number of tetrazole rings is 1. The minimum absolute atomic E-state index is 0.247. The molecule has 0 N–H and O–H groups in total. The van der Waals surface area contributed by atoms with Crippen molar-refractivity contribution in [2.24, 2.45) is 4.36 Å². The van der Waals surface area contributed by atoms with Gasteiger partial charge in [0.05, 0.1) is 22.9 Å². The van der Waals surface area contributed by atoms with E-state index in [9.17, 15) is 4.21 Å². The summed E-state index contributed by atoms with van der Waals surface area (Å²) >= 11 is 3.56. The van der Waals surface area contributed by atoms with Crippen molar-refractivity contribution in [2.75, 3.05) is 12.9 Å². The second-order valence-corrected chi connectivity index (χ2v) is 11.4. The van der Waals surface area contributed by atoms with E-state index in [-0.39, 0.29) is 6.04 Å². The van der Waals surface area contributed by atoms with Crippen LogP contribution in [0.3, 0.4) is 0 Å². The van der Waals surface area contributed by atoms with Gasteiger partial charge in [0.15, 0.2) is 5.82 Å². The average Bonchev–Trinajstić information content (AvgIpc) is 3.33. The van der Waals surface area contributed by atoms with E-state index in [0.29, 0.717) is 16.5 Å². The van der Waals surface area contributed by atoms with Crippen molar-refractivity contribution in [3.8, 4) is 5.75 Å². The van der Waals surface area contributed by atoms with Crippen molar-refractivity contribution in [1.29, 1.82) is 0 Å². The highest BCUT2D eigenvalue weighted by Crippen LogP contribution is 2.34. The fourth-order valence-corrected chi connectivity index (χ4v) is 6.30. The van der Waals surface area contributed by atoms with Crippen molar-refractivity contribution < 1.29 is 8.95 Å². The lowest BCUT2D eigenvalue weighted by molar-refractivity contribution is 0.314. The molecule has 2 atom stereocenters. The summed E-state index contributed by atoms with van der Waals surface area (Å²) in [5.41, 5.74) is 0.904. The Kier molecular flexibility index (Phi) is 7.25. The van der Waals surface area contributed by atoms with Gasteiger partial charge in [0.2, 0.25) is 0 Å². The molecule has 170 valence electrons. The molecule has 1 heterocycles. The molecule has 2 unspecified atom stereocenters. The number of rotatable bonds is 7. The zero-order chi connectivity index (χ0) is 22.6.